The molecule has 0 atom stereocenters. The molecule has 1 N–H and O–H groups in total. The van der Waals surface area contributed by atoms with E-state index in [2.05, 4.69) is 18.7 Å². The number of rotatable bonds is 5. The van der Waals surface area contributed by atoms with E-state index < -0.39 is 10.4 Å². The Morgan fingerprint density at radius 2 is 1.91 bits per heavy atom. The molecule has 0 bridgehead atoms. The van der Waals surface area contributed by atoms with Gasteiger partial charge in [0.05, 0.1) is 0 Å². The van der Waals surface area contributed by atoms with Crippen molar-refractivity contribution < 1.29 is 32.4 Å². The summed E-state index contributed by atoms with van der Waals surface area (Å²) in [5.41, 5.74) is 0. The summed E-state index contributed by atoms with van der Waals surface area (Å²) in [6, 6.07) is 0. The summed E-state index contributed by atoms with van der Waals surface area (Å²) in [7, 11) is -1.71. The van der Waals surface area contributed by atoms with Crippen molar-refractivity contribution in [3.05, 3.63) is 0 Å². The summed E-state index contributed by atoms with van der Waals surface area (Å²) >= 11 is 0. The van der Waals surface area contributed by atoms with Gasteiger partial charge in [0, 0.05) is 14.1 Å². The number of hydrogen-bond acceptors (Lipinski definition) is 8. The Morgan fingerprint density at radius 1 is 1.36 bits per heavy atom. The monoisotopic (exact) mass is 189 g/mol. The Balaban J connectivity index is 3.82. The predicted octanol–water partition coefficient (Wildman–Crippen LogP) is -0.923. The maximum Gasteiger partial charge on any atom is 0.445 e. The van der Waals surface area contributed by atoms with E-state index in [4.69, 9.17) is 5.26 Å². The van der Waals surface area contributed by atoms with Crippen molar-refractivity contribution in [3.63, 3.8) is 0 Å². The summed E-state index contributed by atoms with van der Waals surface area (Å²) < 4.78 is 28.2. The van der Waals surface area contributed by atoms with Crippen LogP contribution in [0.1, 0.15) is 0 Å². The fourth-order valence-corrected chi connectivity index (χ4v) is 0.724. The molecule has 68 valence electrons. The lowest BCUT2D eigenvalue weighted by molar-refractivity contribution is -0.595. The van der Waals surface area contributed by atoms with Crippen LogP contribution >= 0.6 is 0 Å². The smallest absolute Gasteiger partial charge is 0.219 e. The van der Waals surface area contributed by atoms with Crippen LogP contribution in [0.4, 0.5) is 0 Å². The normalized spacial score (nSPS) is 12.4. The fraction of sp³-hybridized carbons (Fsp3) is 1.00. The number of hydrogen-bond donors (Lipinski definition) is 1. The van der Waals surface area contributed by atoms with Crippen LogP contribution in [0.3, 0.4) is 0 Å². The van der Waals surface area contributed by atoms with Crippen LogP contribution in [-0.4, -0.2) is 32.8 Å². The van der Waals surface area contributed by atoms with Gasteiger partial charge in [-0.1, -0.05) is 0 Å². The molecule has 0 aliphatic carbocycles. The van der Waals surface area contributed by atoms with Gasteiger partial charge in [0.1, 0.15) is 0 Å². The first kappa shape index (κ1) is 10.7. The maximum absolute atomic E-state index is 10.4. The van der Waals surface area contributed by atoms with E-state index >= 15 is 0 Å². The SMILES string of the molecule is CN(C)OS(=O)(=O)OOOO. The molecule has 11 heavy (non-hydrogen) atoms. The summed E-state index contributed by atoms with van der Waals surface area (Å²) in [5, 5.41) is 14.4. The third-order valence-corrected chi connectivity index (χ3v) is 1.08. The highest BCUT2D eigenvalue weighted by molar-refractivity contribution is 7.81. The molecule has 0 unspecified atom stereocenters. The highest BCUT2D eigenvalue weighted by Gasteiger charge is 2.15. The van der Waals surface area contributed by atoms with E-state index in [1.807, 2.05) is 0 Å². The van der Waals surface area contributed by atoms with Crippen molar-refractivity contribution in [2.45, 2.75) is 0 Å². The molecule has 0 spiro atoms. The Hall–Kier alpha value is -0.290. The predicted molar refractivity (Wildman–Crippen MR) is 29.6 cm³/mol. The number of hydroxylamine groups is 2. The molecule has 0 rings (SSSR count). The molecule has 0 aromatic rings. The summed E-state index contributed by atoms with van der Waals surface area (Å²) in [6.45, 7) is 0. The lowest BCUT2D eigenvalue weighted by Crippen LogP contribution is -2.20. The Kier molecular flexibility index (Phi) is 4.44. The van der Waals surface area contributed by atoms with Crippen molar-refractivity contribution in [1.82, 2.24) is 5.06 Å². The molecule has 0 aromatic carbocycles. The maximum atomic E-state index is 10.4. The zero-order chi connectivity index (χ0) is 8.91. The number of nitrogens with zero attached hydrogens (tertiary/aromatic N) is 1. The van der Waals surface area contributed by atoms with Crippen LogP contribution in [0.15, 0.2) is 0 Å². The van der Waals surface area contributed by atoms with Crippen molar-refractivity contribution in [2.75, 3.05) is 14.1 Å². The van der Waals surface area contributed by atoms with Crippen LogP contribution in [0.5, 0.6) is 0 Å². The summed E-state index contributed by atoms with van der Waals surface area (Å²) in [6.07, 6.45) is 0. The van der Waals surface area contributed by atoms with Crippen LogP contribution in [0, 0.1) is 0 Å². The van der Waals surface area contributed by atoms with Gasteiger partial charge in [-0.15, -0.1) is 0 Å². The summed E-state index contributed by atoms with van der Waals surface area (Å²) in [5.74, 6) is 0. The summed E-state index contributed by atoms with van der Waals surface area (Å²) in [4.78, 5) is 0. The van der Waals surface area contributed by atoms with Gasteiger partial charge in [-0.3, -0.25) is 0 Å². The second kappa shape index (κ2) is 4.56. The quantitative estimate of drug-likeness (QED) is 0.438. The van der Waals surface area contributed by atoms with Crippen molar-refractivity contribution in [2.24, 2.45) is 0 Å². The van der Waals surface area contributed by atoms with Crippen LogP contribution < -0.4 is 0 Å². The van der Waals surface area contributed by atoms with Gasteiger partial charge >= 0.3 is 10.4 Å². The second-order valence-electron chi connectivity index (χ2n) is 1.51. The van der Waals surface area contributed by atoms with Gasteiger partial charge in [0.25, 0.3) is 0 Å². The first-order chi connectivity index (χ1) is 4.98. The van der Waals surface area contributed by atoms with Gasteiger partial charge in [-0.25, -0.2) is 5.26 Å². The minimum Gasteiger partial charge on any atom is -0.219 e. The molecular formula is C2H7NO7S. The highest BCUT2D eigenvalue weighted by atomic mass is 32.3. The molecule has 0 radical (unpaired) electrons. The highest BCUT2D eigenvalue weighted by Crippen LogP contribution is 1.97. The molecule has 0 saturated heterocycles. The third-order valence-electron chi connectivity index (χ3n) is 0.382. The van der Waals surface area contributed by atoms with E-state index in [-0.39, 0.29) is 0 Å². The molecule has 0 aliphatic rings. The van der Waals surface area contributed by atoms with E-state index in [9.17, 15) is 8.42 Å². The molecule has 0 aliphatic heterocycles. The standard InChI is InChI=1S/C2H7NO7S/c1-3(2)7-11(5,6)10-9-8-4/h4H,1-2H3. The van der Waals surface area contributed by atoms with Gasteiger partial charge in [0.15, 0.2) is 0 Å². The van der Waals surface area contributed by atoms with E-state index in [0.29, 0.717) is 0 Å². The topological polar surface area (TPSA) is 94.5 Å². The molecule has 0 saturated carbocycles. The van der Waals surface area contributed by atoms with E-state index in [1.54, 1.807) is 0 Å². The third kappa shape index (κ3) is 6.12. The molecule has 0 fully saturated rings. The van der Waals surface area contributed by atoms with Crippen molar-refractivity contribution >= 4 is 10.4 Å². The van der Waals surface area contributed by atoms with Crippen LogP contribution in [0.25, 0.3) is 0 Å². The van der Waals surface area contributed by atoms with Gasteiger partial charge in [-0.05, 0) is 14.4 Å². The van der Waals surface area contributed by atoms with Gasteiger partial charge in [0.2, 0.25) is 0 Å². The largest absolute Gasteiger partial charge is 0.445 e. The van der Waals surface area contributed by atoms with Crippen molar-refractivity contribution in [3.8, 4) is 0 Å². The van der Waals surface area contributed by atoms with Crippen molar-refractivity contribution in [1.29, 1.82) is 0 Å². The van der Waals surface area contributed by atoms with Gasteiger partial charge < -0.3 is 0 Å². The minimum atomic E-state index is -4.32. The Morgan fingerprint density at radius 3 is 2.27 bits per heavy atom. The molecule has 9 heteroatoms. The zero-order valence-electron chi connectivity index (χ0n) is 5.75. The Labute approximate surface area is 62.9 Å². The lowest BCUT2D eigenvalue weighted by atomic mass is 11.2. The van der Waals surface area contributed by atoms with Crippen LogP contribution in [0.2, 0.25) is 0 Å². The zero-order valence-corrected chi connectivity index (χ0v) is 6.57. The molecular weight excluding hydrogens is 182 g/mol. The van der Waals surface area contributed by atoms with E-state index in [1.165, 1.54) is 14.1 Å². The molecule has 0 aromatic heterocycles. The lowest BCUT2D eigenvalue weighted by Gasteiger charge is -2.06. The fourth-order valence-electron chi connectivity index (χ4n) is 0.241. The minimum absolute atomic E-state index is 0.843. The van der Waals surface area contributed by atoms with Gasteiger partial charge in [-0.2, -0.15) is 17.8 Å². The average molecular weight is 189 g/mol. The molecule has 8 nitrogen and oxygen atoms in total. The van der Waals surface area contributed by atoms with Crippen LogP contribution in [-0.2, 0) is 29.1 Å². The molecule has 0 heterocycles. The first-order valence-electron chi connectivity index (χ1n) is 2.26. The average Bonchev–Trinajstić information content (AvgIpc) is 1.81. The first-order valence-corrected chi connectivity index (χ1v) is 3.59. The second-order valence-corrected chi connectivity index (χ2v) is 2.61. The van der Waals surface area contributed by atoms with E-state index in [0.717, 1.165) is 5.06 Å². The molecule has 0 amide bonds. The Bertz CT molecular complexity index is 185.